The number of rotatable bonds is 6. The lowest BCUT2D eigenvalue weighted by Crippen LogP contribution is -2.32. The van der Waals surface area contributed by atoms with Crippen molar-refractivity contribution in [2.24, 2.45) is 0 Å². The van der Waals surface area contributed by atoms with E-state index in [1.807, 2.05) is 24.3 Å². The van der Waals surface area contributed by atoms with Crippen LogP contribution in [0.2, 0.25) is 0 Å². The summed E-state index contributed by atoms with van der Waals surface area (Å²) in [5.41, 5.74) is 10.1. The first kappa shape index (κ1) is 21.8. The molecule has 1 saturated heterocycles. The Morgan fingerprint density at radius 2 is 1.88 bits per heavy atom. The van der Waals surface area contributed by atoms with Crippen LogP contribution in [0.15, 0.2) is 48.5 Å². The van der Waals surface area contributed by atoms with E-state index in [2.05, 4.69) is 5.32 Å². The molecule has 2 aromatic heterocycles. The fourth-order valence-corrected chi connectivity index (χ4v) is 4.21. The van der Waals surface area contributed by atoms with E-state index >= 15 is 0 Å². The molecule has 0 unspecified atom stereocenters. The number of amides is 1. The van der Waals surface area contributed by atoms with E-state index in [-0.39, 0.29) is 23.4 Å². The monoisotopic (exact) mass is 459 g/mol. The summed E-state index contributed by atoms with van der Waals surface area (Å²) in [5, 5.41) is 2.94. The second kappa shape index (κ2) is 9.11. The maximum absolute atomic E-state index is 13.2. The zero-order valence-electron chi connectivity index (χ0n) is 18.8. The highest BCUT2D eigenvalue weighted by atomic mass is 16.5. The summed E-state index contributed by atoms with van der Waals surface area (Å²) in [5.74, 6) is -0.511. The summed E-state index contributed by atoms with van der Waals surface area (Å²) in [6, 6.07) is 14.2. The third-order valence-corrected chi connectivity index (χ3v) is 5.88. The summed E-state index contributed by atoms with van der Waals surface area (Å²) >= 11 is 0. The number of ether oxygens (including phenoxy) is 2. The molecule has 174 valence electrons. The molecule has 4 aromatic rings. The molecule has 9 nitrogen and oxygen atoms in total. The van der Waals surface area contributed by atoms with Gasteiger partial charge in [0, 0.05) is 18.8 Å². The summed E-state index contributed by atoms with van der Waals surface area (Å²) in [4.78, 5) is 34.8. The van der Waals surface area contributed by atoms with E-state index in [9.17, 15) is 9.59 Å². The molecule has 1 aliphatic heterocycles. The second-order valence-corrected chi connectivity index (χ2v) is 8.09. The molecular weight excluding hydrogens is 434 g/mol. The maximum atomic E-state index is 13.2. The van der Waals surface area contributed by atoms with Crippen LogP contribution in [0.3, 0.4) is 0 Å². The Kier molecular flexibility index (Phi) is 5.85. The summed E-state index contributed by atoms with van der Waals surface area (Å²) in [6.07, 6.45) is 1.90. The van der Waals surface area contributed by atoms with E-state index in [0.717, 1.165) is 12.8 Å². The van der Waals surface area contributed by atoms with Gasteiger partial charge in [0.15, 0.2) is 5.65 Å². The second-order valence-electron chi connectivity index (χ2n) is 8.09. The third kappa shape index (κ3) is 3.94. The van der Waals surface area contributed by atoms with Crippen LogP contribution in [0.1, 0.15) is 40.5 Å². The van der Waals surface area contributed by atoms with Crippen molar-refractivity contribution in [2.75, 3.05) is 25.5 Å². The standard InChI is InChI=1S/C25H25N5O4/c1-2-33-25(32)15-9-11-16(12-10-15)30-22(26)20(24(31)27-14-17-6-5-13-34-17)21-23(30)29-19-8-4-3-7-18(19)28-21/h3-4,7-12,17H,2,5-6,13-14,26H2,1H3,(H,27,31)/t17-/m1/s1. The number of para-hydroxylation sites is 2. The van der Waals surface area contributed by atoms with Crippen LogP contribution in [-0.4, -0.2) is 52.3 Å². The summed E-state index contributed by atoms with van der Waals surface area (Å²) in [6.45, 7) is 3.16. The minimum Gasteiger partial charge on any atom is -0.462 e. The number of hydrogen-bond acceptors (Lipinski definition) is 7. The topological polar surface area (TPSA) is 121 Å². The van der Waals surface area contributed by atoms with Gasteiger partial charge >= 0.3 is 5.97 Å². The van der Waals surface area contributed by atoms with E-state index in [4.69, 9.17) is 25.2 Å². The molecule has 1 atom stereocenters. The third-order valence-electron chi connectivity index (χ3n) is 5.88. The van der Waals surface area contributed by atoms with Crippen molar-refractivity contribution in [3.05, 3.63) is 59.7 Å². The van der Waals surface area contributed by atoms with Crippen molar-refractivity contribution < 1.29 is 19.1 Å². The summed E-state index contributed by atoms with van der Waals surface area (Å²) in [7, 11) is 0. The van der Waals surface area contributed by atoms with Crippen LogP contribution < -0.4 is 11.1 Å². The minimum absolute atomic E-state index is 0.000796. The molecule has 0 radical (unpaired) electrons. The number of esters is 1. The van der Waals surface area contributed by atoms with Gasteiger partial charge in [-0.2, -0.15) is 0 Å². The quantitative estimate of drug-likeness (QED) is 0.425. The van der Waals surface area contributed by atoms with Gasteiger partial charge < -0.3 is 20.5 Å². The minimum atomic E-state index is -0.403. The number of carbonyl (C=O) groups is 2. The number of hydrogen-bond donors (Lipinski definition) is 2. The molecule has 0 aliphatic carbocycles. The van der Waals surface area contributed by atoms with Gasteiger partial charge in [0.05, 0.1) is 29.3 Å². The SMILES string of the molecule is CCOC(=O)c1ccc(-n2c(N)c(C(=O)NC[C@H]3CCCO3)c3nc4ccccc4nc32)cc1. The maximum Gasteiger partial charge on any atom is 0.338 e. The Hall–Kier alpha value is -3.98. The van der Waals surface area contributed by atoms with Crippen LogP contribution in [0.4, 0.5) is 5.82 Å². The highest BCUT2D eigenvalue weighted by Gasteiger charge is 2.26. The van der Waals surface area contributed by atoms with Crippen molar-refractivity contribution in [1.82, 2.24) is 19.9 Å². The molecule has 0 spiro atoms. The Morgan fingerprint density at radius 1 is 1.15 bits per heavy atom. The van der Waals surface area contributed by atoms with E-state index < -0.39 is 5.97 Å². The van der Waals surface area contributed by atoms with E-state index in [0.29, 0.717) is 53.2 Å². The number of nitrogens with two attached hydrogens (primary N) is 1. The number of aromatic nitrogens is 3. The van der Waals surface area contributed by atoms with Gasteiger partial charge in [0.1, 0.15) is 16.9 Å². The van der Waals surface area contributed by atoms with Crippen molar-refractivity contribution in [3.63, 3.8) is 0 Å². The van der Waals surface area contributed by atoms with Gasteiger partial charge in [-0.25, -0.2) is 14.8 Å². The number of benzene rings is 2. The van der Waals surface area contributed by atoms with E-state index in [1.54, 1.807) is 35.8 Å². The smallest absolute Gasteiger partial charge is 0.338 e. The van der Waals surface area contributed by atoms with Crippen molar-refractivity contribution in [1.29, 1.82) is 0 Å². The molecule has 1 fully saturated rings. The lowest BCUT2D eigenvalue weighted by molar-refractivity contribution is 0.0526. The number of carbonyl (C=O) groups excluding carboxylic acids is 2. The number of nitrogens with one attached hydrogen (secondary N) is 1. The molecule has 9 heteroatoms. The fraction of sp³-hybridized carbons (Fsp3) is 0.280. The van der Waals surface area contributed by atoms with Crippen LogP contribution in [0, 0.1) is 0 Å². The van der Waals surface area contributed by atoms with Crippen molar-refractivity contribution in [3.8, 4) is 5.69 Å². The van der Waals surface area contributed by atoms with Gasteiger partial charge in [-0.15, -0.1) is 0 Å². The zero-order valence-corrected chi connectivity index (χ0v) is 18.8. The first-order chi connectivity index (χ1) is 16.6. The molecule has 34 heavy (non-hydrogen) atoms. The van der Waals surface area contributed by atoms with Gasteiger partial charge in [-0.1, -0.05) is 12.1 Å². The fourth-order valence-electron chi connectivity index (χ4n) is 4.21. The lowest BCUT2D eigenvalue weighted by atomic mass is 10.2. The lowest BCUT2D eigenvalue weighted by Gasteiger charge is -2.11. The number of fused-ring (bicyclic) bond motifs is 2. The number of anilines is 1. The Morgan fingerprint density at radius 3 is 2.56 bits per heavy atom. The first-order valence-corrected chi connectivity index (χ1v) is 11.3. The van der Waals surface area contributed by atoms with Crippen LogP contribution in [0.25, 0.3) is 27.9 Å². The average Bonchev–Trinajstić information content (AvgIpc) is 3.47. The highest BCUT2D eigenvalue weighted by Crippen LogP contribution is 2.31. The number of nitrogens with zero attached hydrogens (tertiary/aromatic N) is 3. The highest BCUT2D eigenvalue weighted by molar-refractivity contribution is 6.11. The Bertz CT molecular complexity index is 1370. The largest absolute Gasteiger partial charge is 0.462 e. The van der Waals surface area contributed by atoms with E-state index in [1.165, 1.54) is 0 Å². The molecule has 2 aromatic carbocycles. The predicted octanol–water partition coefficient (Wildman–Crippen LogP) is 3.24. The first-order valence-electron chi connectivity index (χ1n) is 11.3. The average molecular weight is 460 g/mol. The van der Waals surface area contributed by atoms with Crippen molar-refractivity contribution >= 4 is 39.9 Å². The molecular formula is C25H25N5O4. The van der Waals surface area contributed by atoms with Gasteiger partial charge in [0.2, 0.25) is 0 Å². The van der Waals surface area contributed by atoms with Gasteiger partial charge in [-0.3, -0.25) is 9.36 Å². The summed E-state index contributed by atoms with van der Waals surface area (Å²) < 4.78 is 12.4. The normalized spacial score (nSPS) is 15.6. The van der Waals surface area contributed by atoms with Crippen LogP contribution in [0.5, 0.6) is 0 Å². The molecule has 3 heterocycles. The molecule has 1 aliphatic rings. The van der Waals surface area contributed by atoms with Crippen molar-refractivity contribution in [2.45, 2.75) is 25.9 Å². The molecule has 1 amide bonds. The predicted molar refractivity (Wildman–Crippen MR) is 128 cm³/mol. The molecule has 5 rings (SSSR count). The molecule has 0 bridgehead atoms. The zero-order chi connectivity index (χ0) is 23.7. The Balaban J connectivity index is 1.60. The molecule has 0 saturated carbocycles. The Labute approximate surface area is 195 Å². The van der Waals surface area contributed by atoms with Crippen LogP contribution in [-0.2, 0) is 9.47 Å². The van der Waals surface area contributed by atoms with Gasteiger partial charge in [-0.05, 0) is 56.2 Å². The van der Waals surface area contributed by atoms with Gasteiger partial charge in [0.25, 0.3) is 5.91 Å². The molecule has 3 N–H and O–H groups in total. The number of nitrogen functional groups attached to an aromatic ring is 1. The van der Waals surface area contributed by atoms with Crippen LogP contribution >= 0.6 is 0 Å².